The molecule has 1 amide bonds. The van der Waals surface area contributed by atoms with E-state index in [1.807, 2.05) is 0 Å². The summed E-state index contributed by atoms with van der Waals surface area (Å²) in [5.41, 5.74) is -1.14. The van der Waals surface area contributed by atoms with Crippen molar-refractivity contribution < 1.29 is 19.4 Å². The molecule has 0 aliphatic heterocycles. The van der Waals surface area contributed by atoms with Gasteiger partial charge in [0.2, 0.25) is 0 Å². The van der Waals surface area contributed by atoms with Gasteiger partial charge < -0.3 is 15.2 Å². The fourth-order valence-corrected chi connectivity index (χ4v) is 3.07. The van der Waals surface area contributed by atoms with Gasteiger partial charge in [-0.05, 0) is 51.9 Å². The van der Waals surface area contributed by atoms with E-state index in [1.165, 1.54) is 0 Å². The van der Waals surface area contributed by atoms with Gasteiger partial charge >= 0.3 is 12.1 Å². The number of rotatable bonds is 3. The van der Waals surface area contributed by atoms with Gasteiger partial charge in [-0.2, -0.15) is 0 Å². The van der Waals surface area contributed by atoms with Gasteiger partial charge in [-0.15, -0.1) is 0 Å². The van der Waals surface area contributed by atoms with E-state index in [2.05, 4.69) is 5.32 Å². The molecule has 2 rings (SSSR count). The van der Waals surface area contributed by atoms with Gasteiger partial charge in [0.25, 0.3) is 0 Å². The highest BCUT2D eigenvalue weighted by Gasteiger charge is 2.59. The van der Waals surface area contributed by atoms with E-state index in [0.717, 1.165) is 19.3 Å². The van der Waals surface area contributed by atoms with E-state index in [4.69, 9.17) is 9.84 Å². The van der Waals surface area contributed by atoms with Crippen molar-refractivity contribution in [2.24, 2.45) is 11.8 Å². The van der Waals surface area contributed by atoms with Gasteiger partial charge in [-0.1, -0.05) is 0 Å². The predicted molar refractivity (Wildman–Crippen MR) is 65.2 cm³/mol. The van der Waals surface area contributed by atoms with Gasteiger partial charge in [-0.25, -0.2) is 4.79 Å². The number of amides is 1. The number of ether oxygens (including phenoxy) is 1. The Balaban J connectivity index is 2.02. The Morgan fingerprint density at radius 3 is 2.50 bits per heavy atom. The minimum atomic E-state index is -0.862. The number of carboxylic acids is 1. The maximum atomic E-state index is 11.8. The summed E-state index contributed by atoms with van der Waals surface area (Å²) in [5, 5.41) is 11.9. The maximum Gasteiger partial charge on any atom is 0.408 e. The average Bonchev–Trinajstić information content (AvgIpc) is 2.83. The van der Waals surface area contributed by atoms with Crippen molar-refractivity contribution in [1.82, 2.24) is 5.32 Å². The first-order chi connectivity index (χ1) is 8.22. The van der Waals surface area contributed by atoms with Crippen LogP contribution in [-0.2, 0) is 9.53 Å². The van der Waals surface area contributed by atoms with Crippen LogP contribution in [0.4, 0.5) is 4.79 Å². The van der Waals surface area contributed by atoms with Crippen LogP contribution in [0.25, 0.3) is 0 Å². The third kappa shape index (κ3) is 2.76. The molecule has 0 aromatic heterocycles. The summed E-state index contributed by atoms with van der Waals surface area (Å²) in [5.74, 6) is 0.0546. The van der Waals surface area contributed by atoms with Crippen molar-refractivity contribution in [1.29, 1.82) is 0 Å². The van der Waals surface area contributed by atoms with Gasteiger partial charge in [0.05, 0.1) is 12.0 Å². The lowest BCUT2D eigenvalue weighted by atomic mass is 9.89. The summed E-state index contributed by atoms with van der Waals surface area (Å²) in [6, 6.07) is 0. The highest BCUT2D eigenvalue weighted by molar-refractivity contribution is 5.73. The average molecular weight is 255 g/mol. The van der Waals surface area contributed by atoms with Crippen LogP contribution in [0.3, 0.4) is 0 Å². The number of nitrogens with one attached hydrogen (secondary N) is 1. The molecule has 3 atom stereocenters. The highest BCUT2D eigenvalue weighted by Crippen LogP contribution is 2.58. The van der Waals surface area contributed by atoms with Crippen molar-refractivity contribution >= 4 is 12.1 Å². The first kappa shape index (κ1) is 13.2. The second-order valence-corrected chi connectivity index (χ2v) is 6.49. The zero-order valence-electron chi connectivity index (χ0n) is 11.2. The summed E-state index contributed by atoms with van der Waals surface area (Å²) in [6.45, 7) is 5.39. The van der Waals surface area contributed by atoms with E-state index >= 15 is 0 Å². The summed E-state index contributed by atoms with van der Waals surface area (Å²) in [6.07, 6.45) is 2.27. The predicted octanol–water partition coefficient (Wildman–Crippen LogP) is 2.15. The zero-order chi connectivity index (χ0) is 13.6. The number of hydrogen-bond donors (Lipinski definition) is 2. The first-order valence-corrected chi connectivity index (χ1v) is 6.45. The van der Waals surface area contributed by atoms with Crippen LogP contribution in [0, 0.1) is 11.8 Å². The van der Waals surface area contributed by atoms with Crippen LogP contribution >= 0.6 is 0 Å². The largest absolute Gasteiger partial charge is 0.481 e. The molecule has 0 spiro atoms. The minimum Gasteiger partial charge on any atom is -0.481 e. The topological polar surface area (TPSA) is 75.6 Å². The number of aliphatic carboxylic acids is 1. The number of carbonyl (C=O) groups excluding carboxylic acids is 1. The molecule has 0 aromatic rings. The number of carbonyl (C=O) groups is 2. The molecule has 2 fully saturated rings. The SMILES string of the molecule is CC(C)(C)OC(=O)NC1(CC(=O)O)CCC2CC21. The third-order valence-electron chi connectivity index (χ3n) is 3.81. The highest BCUT2D eigenvalue weighted by atomic mass is 16.6. The number of hydrogen-bond acceptors (Lipinski definition) is 3. The monoisotopic (exact) mass is 255 g/mol. The molecule has 2 saturated carbocycles. The van der Waals surface area contributed by atoms with E-state index in [0.29, 0.717) is 11.8 Å². The van der Waals surface area contributed by atoms with E-state index < -0.39 is 23.2 Å². The number of carboxylic acid groups (broad SMARTS) is 1. The van der Waals surface area contributed by atoms with Crippen LogP contribution in [0.15, 0.2) is 0 Å². The molecule has 5 nitrogen and oxygen atoms in total. The molecule has 0 saturated heterocycles. The molecule has 102 valence electrons. The molecular weight excluding hydrogens is 234 g/mol. The Bertz CT molecular complexity index is 374. The van der Waals surface area contributed by atoms with Gasteiger partial charge in [0.1, 0.15) is 5.60 Å². The van der Waals surface area contributed by atoms with E-state index in [1.54, 1.807) is 20.8 Å². The smallest absolute Gasteiger partial charge is 0.408 e. The van der Waals surface area contributed by atoms with Crippen LogP contribution in [0.5, 0.6) is 0 Å². The van der Waals surface area contributed by atoms with E-state index in [-0.39, 0.29) is 6.42 Å². The van der Waals surface area contributed by atoms with Crippen LogP contribution in [-0.4, -0.2) is 28.3 Å². The quantitative estimate of drug-likeness (QED) is 0.810. The lowest BCUT2D eigenvalue weighted by Crippen LogP contribution is -2.51. The summed E-state index contributed by atoms with van der Waals surface area (Å²) in [4.78, 5) is 22.8. The second-order valence-electron chi connectivity index (χ2n) is 6.49. The maximum absolute atomic E-state index is 11.8. The van der Waals surface area contributed by atoms with Gasteiger partial charge in [0, 0.05) is 0 Å². The molecule has 0 bridgehead atoms. The van der Waals surface area contributed by atoms with Crippen LogP contribution < -0.4 is 5.32 Å². The molecule has 0 radical (unpaired) electrons. The molecule has 2 aliphatic rings. The standard InChI is InChI=1S/C13H21NO4/c1-12(2,3)18-11(17)14-13(7-10(15)16)5-4-8-6-9(8)13/h8-9H,4-7H2,1-3H3,(H,14,17)(H,15,16). The fraction of sp³-hybridized carbons (Fsp3) is 0.846. The summed E-state index contributed by atoms with van der Waals surface area (Å²) < 4.78 is 5.23. The van der Waals surface area contributed by atoms with Crippen molar-refractivity contribution in [3.8, 4) is 0 Å². The second kappa shape index (κ2) is 4.14. The lowest BCUT2D eigenvalue weighted by Gasteiger charge is -2.32. The van der Waals surface area contributed by atoms with Crippen molar-refractivity contribution in [3.63, 3.8) is 0 Å². The van der Waals surface area contributed by atoms with Crippen LogP contribution in [0.1, 0.15) is 46.5 Å². The molecule has 5 heteroatoms. The molecule has 0 heterocycles. The van der Waals surface area contributed by atoms with E-state index in [9.17, 15) is 9.59 Å². The Hall–Kier alpha value is -1.26. The molecular formula is C13H21NO4. The number of fused-ring (bicyclic) bond motifs is 1. The van der Waals surface area contributed by atoms with Crippen molar-refractivity contribution in [2.75, 3.05) is 0 Å². The Morgan fingerprint density at radius 2 is 2.11 bits per heavy atom. The number of alkyl carbamates (subject to hydrolysis) is 1. The summed E-state index contributed by atoms with van der Waals surface area (Å²) in [7, 11) is 0. The molecule has 2 aliphatic carbocycles. The van der Waals surface area contributed by atoms with Crippen molar-refractivity contribution in [3.05, 3.63) is 0 Å². The molecule has 2 N–H and O–H groups in total. The molecule has 0 aromatic carbocycles. The summed E-state index contributed by atoms with van der Waals surface area (Å²) >= 11 is 0. The molecule has 3 unspecified atom stereocenters. The van der Waals surface area contributed by atoms with Crippen molar-refractivity contribution in [2.45, 2.75) is 57.6 Å². The minimum absolute atomic E-state index is 0.00654. The molecule has 18 heavy (non-hydrogen) atoms. The van der Waals surface area contributed by atoms with Crippen LogP contribution in [0.2, 0.25) is 0 Å². The Morgan fingerprint density at radius 1 is 1.44 bits per heavy atom. The Kier molecular flexibility index (Phi) is 3.03. The first-order valence-electron chi connectivity index (χ1n) is 6.45. The van der Waals surface area contributed by atoms with Gasteiger partial charge in [0.15, 0.2) is 0 Å². The third-order valence-corrected chi connectivity index (χ3v) is 3.81. The normalized spacial score (nSPS) is 33.7. The lowest BCUT2D eigenvalue weighted by molar-refractivity contribution is -0.138. The van der Waals surface area contributed by atoms with Gasteiger partial charge in [-0.3, -0.25) is 4.79 Å². The zero-order valence-corrected chi connectivity index (χ0v) is 11.2. The Labute approximate surface area is 107 Å². The fourth-order valence-electron chi connectivity index (χ4n) is 3.07.